The lowest BCUT2D eigenvalue weighted by molar-refractivity contribution is -0.138. The van der Waals surface area contributed by atoms with Crippen LogP contribution in [0, 0.1) is 12.8 Å². The fourth-order valence-corrected chi connectivity index (χ4v) is 2.46. The second-order valence-electron chi connectivity index (χ2n) is 4.15. The number of carboxylic acids is 1. The third kappa shape index (κ3) is 2.70. The Hall–Kier alpha value is -1.83. The number of carboxylic acid groups (broad SMARTS) is 1. The molecule has 18 heavy (non-hydrogen) atoms. The summed E-state index contributed by atoms with van der Waals surface area (Å²) in [5.74, 6) is -0.198. The molecule has 0 saturated carbocycles. The molecule has 0 amide bonds. The van der Waals surface area contributed by atoms with Gasteiger partial charge in [-0.15, -0.1) is 16.4 Å². The molecule has 0 aliphatic rings. The van der Waals surface area contributed by atoms with Crippen LogP contribution in [0.4, 0.5) is 0 Å². The van der Waals surface area contributed by atoms with Gasteiger partial charge in [0.15, 0.2) is 5.82 Å². The van der Waals surface area contributed by atoms with Gasteiger partial charge in [0, 0.05) is 13.0 Å². The highest BCUT2D eigenvalue weighted by Gasteiger charge is 2.16. The minimum absolute atomic E-state index is 0.0297. The highest BCUT2D eigenvalue weighted by molar-refractivity contribution is 7.13. The number of aromatic nitrogens is 5. The smallest absolute Gasteiger partial charge is 0.303 e. The van der Waals surface area contributed by atoms with E-state index in [9.17, 15) is 4.79 Å². The quantitative estimate of drug-likeness (QED) is 0.875. The van der Waals surface area contributed by atoms with E-state index in [1.807, 2.05) is 13.8 Å². The van der Waals surface area contributed by atoms with E-state index in [0.29, 0.717) is 12.4 Å². The van der Waals surface area contributed by atoms with Crippen molar-refractivity contribution in [2.45, 2.75) is 26.8 Å². The Morgan fingerprint density at radius 2 is 2.39 bits per heavy atom. The van der Waals surface area contributed by atoms with Gasteiger partial charge in [-0.05, 0) is 23.3 Å². The monoisotopic (exact) mass is 267 g/mol. The van der Waals surface area contributed by atoms with E-state index >= 15 is 0 Å². The van der Waals surface area contributed by atoms with Crippen LogP contribution in [0.3, 0.4) is 0 Å². The van der Waals surface area contributed by atoms with E-state index in [1.165, 1.54) is 11.3 Å². The maximum Gasteiger partial charge on any atom is 0.303 e. The van der Waals surface area contributed by atoms with E-state index in [0.717, 1.165) is 10.6 Å². The summed E-state index contributed by atoms with van der Waals surface area (Å²) in [7, 11) is 0. The minimum Gasteiger partial charge on any atom is -0.481 e. The van der Waals surface area contributed by atoms with E-state index in [4.69, 9.17) is 5.11 Å². The molecule has 0 radical (unpaired) electrons. The number of carbonyl (C=O) groups is 1. The third-order valence-corrected chi connectivity index (χ3v) is 3.41. The molecule has 2 heterocycles. The van der Waals surface area contributed by atoms with Gasteiger partial charge in [0.2, 0.25) is 0 Å². The van der Waals surface area contributed by atoms with Gasteiger partial charge in [-0.2, -0.15) is 0 Å². The molecule has 2 rings (SSSR count). The summed E-state index contributed by atoms with van der Waals surface area (Å²) in [6.45, 7) is 4.23. The topological polar surface area (TPSA) is 93.8 Å². The summed E-state index contributed by atoms with van der Waals surface area (Å²) in [6.07, 6.45) is 0.0982. The van der Waals surface area contributed by atoms with Crippen molar-refractivity contribution in [1.29, 1.82) is 0 Å². The van der Waals surface area contributed by atoms with Crippen LogP contribution in [0.25, 0.3) is 10.7 Å². The normalized spacial score (nSPS) is 12.6. The molecule has 2 aromatic heterocycles. The third-order valence-electron chi connectivity index (χ3n) is 2.49. The Bertz CT molecular complexity index is 550. The van der Waals surface area contributed by atoms with Crippen molar-refractivity contribution >= 4 is 17.3 Å². The maximum absolute atomic E-state index is 10.6. The summed E-state index contributed by atoms with van der Waals surface area (Å²) >= 11 is 1.47. The maximum atomic E-state index is 10.6. The SMILES string of the molecule is Cc1ncsc1-c1nnnn1CC(C)CC(=O)O. The molecule has 2 aromatic rings. The number of thiazole rings is 1. The van der Waals surface area contributed by atoms with E-state index in [2.05, 4.69) is 20.5 Å². The van der Waals surface area contributed by atoms with Gasteiger partial charge in [0.05, 0.1) is 16.1 Å². The Morgan fingerprint density at radius 1 is 1.61 bits per heavy atom. The first-order valence-electron chi connectivity index (χ1n) is 5.46. The second-order valence-corrected chi connectivity index (χ2v) is 5.01. The lowest BCUT2D eigenvalue weighted by Crippen LogP contribution is -2.14. The van der Waals surface area contributed by atoms with Crippen LogP contribution in [0.1, 0.15) is 19.0 Å². The van der Waals surface area contributed by atoms with E-state index in [-0.39, 0.29) is 12.3 Å². The Kier molecular flexibility index (Phi) is 3.66. The van der Waals surface area contributed by atoms with Gasteiger partial charge >= 0.3 is 5.97 Å². The lowest BCUT2D eigenvalue weighted by Gasteiger charge is -2.09. The van der Waals surface area contributed by atoms with Crippen molar-refractivity contribution in [1.82, 2.24) is 25.2 Å². The first kappa shape index (κ1) is 12.6. The van der Waals surface area contributed by atoms with Crippen LogP contribution in [-0.2, 0) is 11.3 Å². The lowest BCUT2D eigenvalue weighted by atomic mass is 10.1. The highest BCUT2D eigenvalue weighted by atomic mass is 32.1. The van der Waals surface area contributed by atoms with Gasteiger partial charge < -0.3 is 5.11 Å². The van der Waals surface area contributed by atoms with Crippen LogP contribution < -0.4 is 0 Å². The summed E-state index contributed by atoms with van der Waals surface area (Å²) in [4.78, 5) is 15.7. The fourth-order valence-electron chi connectivity index (χ4n) is 1.66. The Morgan fingerprint density at radius 3 is 3.00 bits per heavy atom. The van der Waals surface area contributed by atoms with Gasteiger partial charge in [0.25, 0.3) is 0 Å². The average Bonchev–Trinajstić information content (AvgIpc) is 2.85. The molecule has 1 unspecified atom stereocenters. The summed E-state index contributed by atoms with van der Waals surface area (Å²) < 4.78 is 1.63. The first-order valence-corrected chi connectivity index (χ1v) is 6.34. The van der Waals surface area contributed by atoms with Crippen LogP contribution >= 0.6 is 11.3 Å². The molecule has 0 aliphatic heterocycles. The van der Waals surface area contributed by atoms with Crippen molar-refractivity contribution in [2.24, 2.45) is 5.92 Å². The predicted molar refractivity (Wildman–Crippen MR) is 65.1 cm³/mol. The molecule has 0 saturated heterocycles. The zero-order valence-electron chi connectivity index (χ0n) is 10.1. The number of aliphatic carboxylic acids is 1. The van der Waals surface area contributed by atoms with Crippen LogP contribution in [-0.4, -0.2) is 36.3 Å². The van der Waals surface area contributed by atoms with Gasteiger partial charge in [-0.1, -0.05) is 6.92 Å². The van der Waals surface area contributed by atoms with E-state index in [1.54, 1.807) is 10.2 Å². The minimum atomic E-state index is -0.814. The second kappa shape index (κ2) is 5.21. The number of rotatable bonds is 5. The molecule has 96 valence electrons. The Labute approximate surface area is 107 Å². The zero-order valence-corrected chi connectivity index (χ0v) is 10.9. The molecule has 0 aliphatic carbocycles. The molecule has 0 spiro atoms. The Balaban J connectivity index is 2.18. The number of nitrogens with zero attached hydrogens (tertiary/aromatic N) is 5. The molecule has 1 N–H and O–H groups in total. The molecule has 8 heteroatoms. The molecule has 0 bridgehead atoms. The molecule has 0 fully saturated rings. The van der Waals surface area contributed by atoms with Crippen molar-refractivity contribution in [3.05, 3.63) is 11.2 Å². The zero-order chi connectivity index (χ0) is 13.1. The fraction of sp³-hybridized carbons (Fsp3) is 0.500. The molecular weight excluding hydrogens is 254 g/mol. The molecule has 1 atom stereocenters. The average molecular weight is 267 g/mol. The number of hydrogen-bond donors (Lipinski definition) is 1. The van der Waals surface area contributed by atoms with Crippen LogP contribution in [0.2, 0.25) is 0 Å². The molecular formula is C10H13N5O2S. The number of hydrogen-bond acceptors (Lipinski definition) is 6. The van der Waals surface area contributed by atoms with Crippen molar-refractivity contribution < 1.29 is 9.90 Å². The number of tetrazole rings is 1. The van der Waals surface area contributed by atoms with Crippen LogP contribution in [0.5, 0.6) is 0 Å². The summed E-state index contributed by atoms with van der Waals surface area (Å²) in [5.41, 5.74) is 2.62. The standard InChI is InChI=1S/C10H13N5O2S/c1-6(3-8(16)17)4-15-10(12-13-14-15)9-7(2)11-5-18-9/h5-6H,3-4H2,1-2H3,(H,16,17). The van der Waals surface area contributed by atoms with Gasteiger partial charge in [-0.3, -0.25) is 4.79 Å². The molecule has 7 nitrogen and oxygen atoms in total. The van der Waals surface area contributed by atoms with Crippen molar-refractivity contribution in [3.8, 4) is 10.7 Å². The first-order chi connectivity index (χ1) is 8.58. The van der Waals surface area contributed by atoms with Gasteiger partial charge in [0.1, 0.15) is 0 Å². The van der Waals surface area contributed by atoms with E-state index < -0.39 is 5.97 Å². The van der Waals surface area contributed by atoms with Crippen molar-refractivity contribution in [3.63, 3.8) is 0 Å². The summed E-state index contributed by atoms with van der Waals surface area (Å²) in [5, 5.41) is 20.3. The van der Waals surface area contributed by atoms with Crippen molar-refractivity contribution in [2.75, 3.05) is 0 Å². The number of aryl methyl sites for hydroxylation is 1. The molecule has 0 aromatic carbocycles. The summed E-state index contributed by atoms with van der Waals surface area (Å²) in [6, 6.07) is 0. The van der Waals surface area contributed by atoms with Gasteiger partial charge in [-0.25, -0.2) is 9.67 Å². The van der Waals surface area contributed by atoms with Crippen LogP contribution in [0.15, 0.2) is 5.51 Å². The largest absolute Gasteiger partial charge is 0.481 e. The predicted octanol–water partition coefficient (Wildman–Crippen LogP) is 1.22. The highest BCUT2D eigenvalue weighted by Crippen LogP contribution is 2.24.